The molecule has 14 nitrogen and oxygen atoms in total. The van der Waals surface area contributed by atoms with Gasteiger partial charge in [-0.3, -0.25) is 0 Å². The molecule has 0 aliphatic carbocycles. The number of nitrogens with zero attached hydrogens (tertiary/aromatic N) is 1. The zero-order valence-corrected chi connectivity index (χ0v) is 27.4. The van der Waals surface area contributed by atoms with Crippen molar-refractivity contribution in [3.8, 4) is 0 Å². The lowest BCUT2D eigenvalue weighted by Gasteiger charge is -2.10. The summed E-state index contributed by atoms with van der Waals surface area (Å²) in [7, 11) is 4.04. The molecule has 0 rings (SSSR count). The Morgan fingerprint density at radius 3 is 0.682 bits per heavy atom. The van der Waals surface area contributed by atoms with Crippen molar-refractivity contribution in [2.45, 2.75) is 0 Å². The van der Waals surface area contributed by atoms with Gasteiger partial charge < -0.3 is 66.5 Å². The molecule has 0 saturated heterocycles. The first-order valence-electron chi connectivity index (χ1n) is 15.6. The van der Waals surface area contributed by atoms with Crippen LogP contribution in [0.2, 0.25) is 0 Å². The van der Waals surface area contributed by atoms with Gasteiger partial charge in [-0.1, -0.05) is 6.58 Å². The van der Waals surface area contributed by atoms with Crippen molar-refractivity contribution in [1.29, 1.82) is 0 Å². The molecule has 0 aliphatic heterocycles. The van der Waals surface area contributed by atoms with Crippen molar-refractivity contribution in [1.82, 2.24) is 4.90 Å². The molecule has 0 amide bonds. The third-order valence-electron chi connectivity index (χ3n) is 5.24. The van der Waals surface area contributed by atoms with Gasteiger partial charge >= 0.3 is 0 Å². The molecule has 0 spiro atoms. The van der Waals surface area contributed by atoms with Gasteiger partial charge in [0.05, 0.1) is 165 Å². The lowest BCUT2D eigenvalue weighted by atomic mass is 10.6. The van der Waals surface area contributed by atoms with Crippen molar-refractivity contribution in [3.05, 3.63) is 12.8 Å². The van der Waals surface area contributed by atoms with E-state index in [-0.39, 0.29) is 0 Å². The van der Waals surface area contributed by atoms with E-state index in [1.807, 2.05) is 14.1 Å². The lowest BCUT2D eigenvalue weighted by Crippen LogP contribution is -2.19. The van der Waals surface area contributed by atoms with E-state index in [2.05, 4.69) is 11.5 Å². The van der Waals surface area contributed by atoms with E-state index in [9.17, 15) is 0 Å². The molecule has 0 saturated carbocycles. The molecule has 0 bridgehead atoms. The van der Waals surface area contributed by atoms with Crippen molar-refractivity contribution >= 4 is 0 Å². The summed E-state index contributed by atoms with van der Waals surface area (Å²) in [6, 6.07) is 0. The average molecular weight is 644 g/mol. The zero-order valence-electron chi connectivity index (χ0n) is 27.4. The van der Waals surface area contributed by atoms with E-state index in [1.165, 1.54) is 6.26 Å². The summed E-state index contributed by atoms with van der Waals surface area (Å²) in [5.74, 6) is 0. The summed E-state index contributed by atoms with van der Waals surface area (Å²) >= 11 is 0. The Labute approximate surface area is 265 Å². The lowest BCUT2D eigenvalue weighted by molar-refractivity contribution is -0.0287. The maximum absolute atomic E-state index is 5.48. The minimum absolute atomic E-state index is 0.502. The Morgan fingerprint density at radius 1 is 0.318 bits per heavy atom. The highest BCUT2D eigenvalue weighted by Crippen LogP contribution is 1.88. The standard InChI is InChI=1S/C30H61NO13/c1-4-32-7-8-34-11-12-36-15-16-38-19-20-40-23-24-42-27-28-44-30-29-43-26-25-41-22-21-39-18-17-37-14-13-35-10-9-33-6-5-31(2)3/h4H,1,5-30H2,2-3H3. The molecule has 264 valence electrons. The SMILES string of the molecule is C=COCCOCCOCCOCCOCCOCCOCCOCCOCCOCCOCCOCCOCCN(C)C. The highest BCUT2D eigenvalue weighted by molar-refractivity contribution is 4.48. The van der Waals surface area contributed by atoms with Gasteiger partial charge in [0.25, 0.3) is 0 Å². The fourth-order valence-electron chi connectivity index (χ4n) is 2.96. The number of hydrogen-bond donors (Lipinski definition) is 0. The minimum atomic E-state index is 0.502. The number of hydrogen-bond acceptors (Lipinski definition) is 14. The Balaban J connectivity index is 3.04. The third-order valence-corrected chi connectivity index (χ3v) is 5.24. The molecule has 0 fully saturated rings. The maximum atomic E-state index is 5.48. The second-order valence-corrected chi connectivity index (χ2v) is 9.19. The van der Waals surface area contributed by atoms with E-state index < -0.39 is 0 Å². The van der Waals surface area contributed by atoms with E-state index in [1.54, 1.807) is 0 Å². The van der Waals surface area contributed by atoms with E-state index in [4.69, 9.17) is 61.6 Å². The molecule has 0 unspecified atom stereocenters. The van der Waals surface area contributed by atoms with Crippen LogP contribution < -0.4 is 0 Å². The van der Waals surface area contributed by atoms with E-state index in [0.717, 1.165) is 6.54 Å². The highest BCUT2D eigenvalue weighted by Gasteiger charge is 1.97. The van der Waals surface area contributed by atoms with Crippen LogP contribution in [0.15, 0.2) is 12.8 Å². The molecule has 44 heavy (non-hydrogen) atoms. The second-order valence-electron chi connectivity index (χ2n) is 9.19. The first-order chi connectivity index (χ1) is 21.8. The molecule has 0 N–H and O–H groups in total. The smallest absolute Gasteiger partial charge is 0.111 e. The van der Waals surface area contributed by atoms with Crippen LogP contribution in [0.4, 0.5) is 0 Å². The summed E-state index contributed by atoms with van der Waals surface area (Å²) < 4.78 is 70.3. The van der Waals surface area contributed by atoms with Gasteiger partial charge in [-0.2, -0.15) is 0 Å². The van der Waals surface area contributed by atoms with Crippen LogP contribution in [0.25, 0.3) is 0 Å². The molecule has 0 atom stereocenters. The van der Waals surface area contributed by atoms with Crippen LogP contribution in [0.3, 0.4) is 0 Å². The monoisotopic (exact) mass is 643 g/mol. The Morgan fingerprint density at radius 2 is 0.500 bits per heavy atom. The van der Waals surface area contributed by atoms with Crippen LogP contribution in [-0.2, 0) is 61.6 Å². The maximum Gasteiger partial charge on any atom is 0.111 e. The zero-order chi connectivity index (χ0) is 31.9. The van der Waals surface area contributed by atoms with E-state index >= 15 is 0 Å². The molecule has 0 heterocycles. The molecule has 0 aromatic carbocycles. The quantitative estimate of drug-likeness (QED) is 0.0694. The first kappa shape index (κ1) is 43.0. The Hall–Kier alpha value is -0.980. The summed E-state index contributed by atoms with van der Waals surface area (Å²) in [6.07, 6.45) is 1.40. The topological polar surface area (TPSA) is 123 Å². The van der Waals surface area contributed by atoms with Crippen molar-refractivity contribution in [2.75, 3.05) is 186 Å². The second kappa shape index (κ2) is 40.0. The Kier molecular flexibility index (Phi) is 39.2. The van der Waals surface area contributed by atoms with Gasteiger partial charge in [-0.25, -0.2) is 0 Å². The van der Waals surface area contributed by atoms with Crippen molar-refractivity contribution in [3.63, 3.8) is 0 Å². The third kappa shape index (κ3) is 41.0. The summed E-state index contributed by atoms with van der Waals surface area (Å²) in [6.45, 7) is 17.7. The normalized spacial score (nSPS) is 11.5. The minimum Gasteiger partial charge on any atom is -0.499 e. The predicted molar refractivity (Wildman–Crippen MR) is 165 cm³/mol. The fourth-order valence-corrected chi connectivity index (χ4v) is 2.96. The summed E-state index contributed by atoms with van der Waals surface area (Å²) in [5.41, 5.74) is 0. The van der Waals surface area contributed by atoms with Gasteiger partial charge in [0.15, 0.2) is 0 Å². The van der Waals surface area contributed by atoms with Gasteiger partial charge in [-0.05, 0) is 14.1 Å². The summed E-state index contributed by atoms with van der Waals surface area (Å²) in [4.78, 5) is 2.08. The molecular formula is C30H61NO13. The fraction of sp³-hybridized carbons (Fsp3) is 0.933. The number of ether oxygens (including phenoxy) is 13. The summed E-state index contributed by atoms with van der Waals surface area (Å²) in [5, 5.41) is 0. The van der Waals surface area contributed by atoms with Crippen molar-refractivity contribution < 1.29 is 61.6 Å². The predicted octanol–water partition coefficient (Wildman–Crippen LogP) is 0.907. The molecule has 14 heteroatoms. The molecular weight excluding hydrogens is 582 g/mol. The van der Waals surface area contributed by atoms with Crippen molar-refractivity contribution in [2.24, 2.45) is 0 Å². The average Bonchev–Trinajstić information content (AvgIpc) is 3.02. The molecule has 0 aromatic heterocycles. The largest absolute Gasteiger partial charge is 0.499 e. The van der Waals surface area contributed by atoms with Gasteiger partial charge in [0.1, 0.15) is 6.61 Å². The number of likely N-dealkylation sites (N-methyl/N-ethyl adjacent to an activating group) is 1. The van der Waals surface area contributed by atoms with Crippen LogP contribution in [0.1, 0.15) is 0 Å². The highest BCUT2D eigenvalue weighted by atomic mass is 16.6. The van der Waals surface area contributed by atoms with Gasteiger partial charge in [0.2, 0.25) is 0 Å². The molecule has 0 aromatic rings. The Bertz CT molecular complexity index is 535. The van der Waals surface area contributed by atoms with Gasteiger partial charge in [-0.15, -0.1) is 0 Å². The van der Waals surface area contributed by atoms with Crippen LogP contribution in [-0.4, -0.2) is 191 Å². The molecule has 0 radical (unpaired) electrons. The van der Waals surface area contributed by atoms with E-state index in [0.29, 0.717) is 165 Å². The van der Waals surface area contributed by atoms with Gasteiger partial charge in [0, 0.05) is 6.54 Å². The molecule has 0 aliphatic rings. The van der Waals surface area contributed by atoms with Crippen LogP contribution >= 0.6 is 0 Å². The van der Waals surface area contributed by atoms with Crippen LogP contribution in [0, 0.1) is 0 Å². The first-order valence-corrected chi connectivity index (χ1v) is 15.6. The number of rotatable bonds is 40. The van der Waals surface area contributed by atoms with Crippen LogP contribution in [0.5, 0.6) is 0 Å².